The van der Waals surface area contributed by atoms with E-state index in [2.05, 4.69) is 10.3 Å². The number of aromatic amines is 1. The van der Waals surface area contributed by atoms with Crippen LogP contribution in [0.2, 0.25) is 0 Å². The van der Waals surface area contributed by atoms with Gasteiger partial charge in [0.05, 0.1) is 38.0 Å². The standard InChI is InChI=1S/C37H37F3N4O4/c1-23-7-8-26(24(2)17-23)22-44-33(20-30(37(38,39)40)29(21-41)34(44)45)25-11-13-36(3,14-12-25)48-28-9-10-31-27(18-28)19-32(43-31)35(46)47-16-6-5-15-42-4/h7-13,17-20,42-43H,5-6,14-16,22H2,1-4H3/p+1. The van der Waals surface area contributed by atoms with E-state index in [4.69, 9.17) is 9.47 Å². The number of H-pyrrole nitrogens is 1. The van der Waals surface area contributed by atoms with Crippen LogP contribution in [0.25, 0.3) is 16.5 Å². The Morgan fingerprint density at radius 3 is 2.58 bits per heavy atom. The minimum atomic E-state index is -4.89. The third-order valence-electron chi connectivity index (χ3n) is 8.47. The number of aryl methyl sites for hydroxylation is 2. The lowest BCUT2D eigenvalue weighted by Gasteiger charge is -2.30. The molecular formula is C37H38F3N4O4+. The van der Waals surface area contributed by atoms with E-state index >= 15 is 0 Å². The van der Waals surface area contributed by atoms with Gasteiger partial charge in [-0.2, -0.15) is 18.4 Å². The van der Waals surface area contributed by atoms with Crippen molar-refractivity contribution < 1.29 is 32.8 Å². The zero-order valence-corrected chi connectivity index (χ0v) is 27.3. The summed E-state index contributed by atoms with van der Waals surface area (Å²) in [6, 6.07) is 15.1. The fourth-order valence-corrected chi connectivity index (χ4v) is 5.79. The summed E-state index contributed by atoms with van der Waals surface area (Å²) in [7, 11) is 1.99. The summed E-state index contributed by atoms with van der Waals surface area (Å²) in [5.74, 6) is 0.104. The van der Waals surface area contributed by atoms with Gasteiger partial charge in [-0.1, -0.05) is 35.9 Å². The number of unbranched alkanes of at least 4 members (excludes halogenated alkanes) is 1. The van der Waals surface area contributed by atoms with Crippen LogP contribution in [0.3, 0.4) is 0 Å². The smallest absolute Gasteiger partial charge is 0.417 e. The van der Waals surface area contributed by atoms with Crippen molar-refractivity contribution in [2.75, 3.05) is 20.2 Å². The van der Waals surface area contributed by atoms with Crippen molar-refractivity contribution >= 4 is 22.4 Å². The van der Waals surface area contributed by atoms with Crippen molar-refractivity contribution in [1.29, 1.82) is 5.26 Å². The number of nitrogens with one attached hydrogen (secondary N) is 1. The van der Waals surface area contributed by atoms with E-state index in [1.54, 1.807) is 42.5 Å². The molecule has 0 radical (unpaired) electrons. The molecule has 11 heteroatoms. The lowest BCUT2D eigenvalue weighted by Crippen LogP contribution is -2.79. The Labute approximate surface area is 276 Å². The number of allylic oxidation sites excluding steroid dienone is 2. The summed E-state index contributed by atoms with van der Waals surface area (Å²) in [6.45, 7) is 6.96. The number of pyridine rings is 1. The summed E-state index contributed by atoms with van der Waals surface area (Å²) in [5, 5.41) is 12.4. The van der Waals surface area contributed by atoms with Crippen molar-refractivity contribution in [3.05, 3.63) is 116 Å². The number of benzene rings is 2. The number of nitriles is 1. The molecule has 2 aromatic carbocycles. The number of carbonyl (C=O) groups is 1. The number of fused-ring (bicyclic) bond motifs is 1. The monoisotopic (exact) mass is 659 g/mol. The SMILES string of the molecule is C[NH2+]CCCCOC(=O)c1cc2cc(OC3(C)C=CC(c4cc(C(F)(F)F)c(C#N)c(=O)n4Cc4ccc(C)cc4C)=CC3)ccc2[nH]1. The maximum absolute atomic E-state index is 14.1. The number of nitrogens with zero attached hydrogens (tertiary/aromatic N) is 2. The number of quaternary nitrogens is 1. The van der Waals surface area contributed by atoms with Crippen LogP contribution in [-0.2, 0) is 17.5 Å². The molecule has 1 unspecified atom stereocenters. The van der Waals surface area contributed by atoms with Gasteiger partial charge in [0.2, 0.25) is 0 Å². The second kappa shape index (κ2) is 14.0. The van der Waals surface area contributed by atoms with E-state index < -0.39 is 34.4 Å². The first-order chi connectivity index (χ1) is 22.8. The third kappa shape index (κ3) is 7.55. The largest absolute Gasteiger partial charge is 0.483 e. The second-order valence-electron chi connectivity index (χ2n) is 12.3. The lowest BCUT2D eigenvalue weighted by atomic mass is 9.91. The van der Waals surface area contributed by atoms with E-state index in [-0.39, 0.29) is 18.7 Å². The van der Waals surface area contributed by atoms with Gasteiger partial charge in [-0.15, -0.1) is 0 Å². The highest BCUT2D eigenvalue weighted by Gasteiger charge is 2.37. The molecule has 0 spiro atoms. The number of ether oxygens (including phenoxy) is 2. The zero-order valence-electron chi connectivity index (χ0n) is 27.3. The Kier molecular flexibility index (Phi) is 9.96. The van der Waals surface area contributed by atoms with Gasteiger partial charge in [0.25, 0.3) is 5.56 Å². The average molecular weight is 660 g/mol. The van der Waals surface area contributed by atoms with Gasteiger partial charge in [-0.05, 0) is 86.7 Å². The molecule has 5 rings (SSSR count). The molecule has 2 heterocycles. The molecule has 0 amide bonds. The maximum Gasteiger partial charge on any atom is 0.417 e. The van der Waals surface area contributed by atoms with Crippen molar-refractivity contribution in [1.82, 2.24) is 9.55 Å². The van der Waals surface area contributed by atoms with Crippen LogP contribution in [0, 0.1) is 25.2 Å². The van der Waals surface area contributed by atoms with Crippen molar-refractivity contribution in [2.45, 2.75) is 58.4 Å². The molecule has 4 aromatic rings. The summed E-state index contributed by atoms with van der Waals surface area (Å²) in [6.07, 6.45) is 2.27. The molecule has 1 aliphatic rings. The zero-order chi connectivity index (χ0) is 34.6. The van der Waals surface area contributed by atoms with Crippen molar-refractivity contribution in [2.24, 2.45) is 0 Å². The van der Waals surface area contributed by atoms with E-state index in [1.165, 1.54) is 10.6 Å². The van der Waals surface area contributed by atoms with Gasteiger partial charge in [0, 0.05) is 17.3 Å². The van der Waals surface area contributed by atoms with Crippen LogP contribution in [0.5, 0.6) is 5.75 Å². The second-order valence-corrected chi connectivity index (χ2v) is 12.3. The number of halogens is 3. The topological polar surface area (TPSA) is 114 Å². The van der Waals surface area contributed by atoms with E-state index in [1.807, 2.05) is 46.0 Å². The van der Waals surface area contributed by atoms with Crippen LogP contribution in [-0.4, -0.2) is 41.3 Å². The van der Waals surface area contributed by atoms with Crippen molar-refractivity contribution in [3.8, 4) is 11.8 Å². The third-order valence-corrected chi connectivity index (χ3v) is 8.47. The predicted molar refractivity (Wildman–Crippen MR) is 177 cm³/mol. The van der Waals surface area contributed by atoms with Gasteiger partial charge < -0.3 is 24.3 Å². The van der Waals surface area contributed by atoms with Crippen LogP contribution in [0.4, 0.5) is 13.2 Å². The Hall–Kier alpha value is -5.08. The molecule has 0 bridgehead atoms. The van der Waals surface area contributed by atoms with Gasteiger partial charge in [0.1, 0.15) is 28.7 Å². The summed E-state index contributed by atoms with van der Waals surface area (Å²) in [4.78, 5) is 29.1. The molecule has 8 nitrogen and oxygen atoms in total. The number of alkyl halides is 3. The van der Waals surface area contributed by atoms with E-state index in [0.717, 1.165) is 53.0 Å². The molecule has 0 saturated heterocycles. The first-order valence-corrected chi connectivity index (χ1v) is 15.8. The summed E-state index contributed by atoms with van der Waals surface area (Å²) >= 11 is 0. The fourth-order valence-electron chi connectivity index (χ4n) is 5.79. The number of esters is 1. The molecule has 3 N–H and O–H groups in total. The predicted octanol–water partition coefficient (Wildman–Crippen LogP) is 6.20. The average Bonchev–Trinajstić information content (AvgIpc) is 3.46. The molecule has 1 aliphatic carbocycles. The number of hydrogen-bond acceptors (Lipinski definition) is 5. The highest BCUT2D eigenvalue weighted by atomic mass is 19.4. The first kappa shape index (κ1) is 34.3. The molecule has 250 valence electrons. The molecule has 0 saturated carbocycles. The Morgan fingerprint density at radius 1 is 1.12 bits per heavy atom. The number of carbonyl (C=O) groups excluding carboxylic acids is 1. The minimum absolute atomic E-state index is 0.00412. The first-order valence-electron chi connectivity index (χ1n) is 15.8. The van der Waals surface area contributed by atoms with Gasteiger partial charge in [-0.3, -0.25) is 4.79 Å². The van der Waals surface area contributed by atoms with Crippen LogP contribution in [0.15, 0.2) is 71.6 Å². The van der Waals surface area contributed by atoms with Gasteiger partial charge in [-0.25, -0.2) is 4.79 Å². The number of rotatable bonds is 11. The van der Waals surface area contributed by atoms with Gasteiger partial charge in [0.15, 0.2) is 0 Å². The Bertz CT molecular complexity index is 2020. The fraction of sp³-hybridized carbons (Fsp3) is 0.324. The molecule has 0 aliphatic heterocycles. The number of hydrogen-bond donors (Lipinski definition) is 2. The number of nitrogens with two attached hydrogens (primary N) is 1. The van der Waals surface area contributed by atoms with Crippen LogP contribution in [0.1, 0.15) is 70.2 Å². The number of aromatic nitrogens is 2. The molecule has 48 heavy (non-hydrogen) atoms. The van der Waals surface area contributed by atoms with Crippen molar-refractivity contribution in [3.63, 3.8) is 0 Å². The highest BCUT2D eigenvalue weighted by molar-refractivity contribution is 5.95. The van der Waals surface area contributed by atoms with E-state index in [9.17, 15) is 28.0 Å². The van der Waals surface area contributed by atoms with Crippen LogP contribution >= 0.6 is 0 Å². The summed E-state index contributed by atoms with van der Waals surface area (Å²) < 4.78 is 55.1. The molecule has 1 atom stereocenters. The Balaban J connectivity index is 1.39. The maximum atomic E-state index is 14.1. The van der Waals surface area contributed by atoms with Gasteiger partial charge >= 0.3 is 12.1 Å². The van der Waals surface area contributed by atoms with E-state index in [0.29, 0.717) is 23.6 Å². The highest BCUT2D eigenvalue weighted by Crippen LogP contribution is 2.36. The molecule has 0 fully saturated rings. The normalized spacial score (nSPS) is 16.1. The molecular weight excluding hydrogens is 621 g/mol. The summed E-state index contributed by atoms with van der Waals surface area (Å²) in [5.41, 5.74) is 0.128. The Morgan fingerprint density at radius 2 is 1.92 bits per heavy atom. The molecule has 2 aromatic heterocycles. The quantitative estimate of drug-likeness (QED) is 0.147. The minimum Gasteiger partial charge on any atom is -0.483 e. The van der Waals surface area contributed by atoms with Crippen LogP contribution < -0.4 is 15.6 Å². The lowest BCUT2D eigenvalue weighted by molar-refractivity contribution is -0.627.